The molecule has 30 heavy (non-hydrogen) atoms. The molecule has 0 bridgehead atoms. The van der Waals surface area contributed by atoms with Crippen molar-refractivity contribution in [3.63, 3.8) is 0 Å². The molecule has 0 aromatic heterocycles. The van der Waals surface area contributed by atoms with Crippen molar-refractivity contribution in [1.82, 2.24) is 4.90 Å². The number of carbonyl (C=O) groups excluding carboxylic acids is 1. The van der Waals surface area contributed by atoms with Crippen molar-refractivity contribution in [1.29, 1.82) is 0 Å². The third-order valence-corrected chi connectivity index (χ3v) is 6.66. The number of benzene rings is 2. The second-order valence-corrected chi connectivity index (χ2v) is 8.82. The van der Waals surface area contributed by atoms with Gasteiger partial charge >= 0.3 is 6.18 Å². The lowest BCUT2D eigenvalue weighted by Crippen LogP contribution is -2.43. The van der Waals surface area contributed by atoms with Gasteiger partial charge in [0.05, 0.1) is 21.2 Å². The van der Waals surface area contributed by atoms with Crippen LogP contribution in [0.3, 0.4) is 0 Å². The van der Waals surface area contributed by atoms with Crippen molar-refractivity contribution >= 4 is 33.2 Å². The molecule has 1 amide bonds. The Morgan fingerprint density at radius 1 is 1.03 bits per heavy atom. The Kier molecular flexibility index (Phi) is 7.41. The van der Waals surface area contributed by atoms with Gasteiger partial charge in [0.25, 0.3) is 10.0 Å². The number of alkyl halides is 3. The van der Waals surface area contributed by atoms with Crippen molar-refractivity contribution in [2.75, 3.05) is 23.9 Å². The highest BCUT2D eigenvalue weighted by atomic mass is 35.5. The predicted molar refractivity (Wildman–Crippen MR) is 110 cm³/mol. The van der Waals surface area contributed by atoms with E-state index in [1.807, 2.05) is 0 Å². The molecule has 0 saturated carbocycles. The number of likely N-dealkylation sites (N-methyl/N-ethyl adjacent to an activating group) is 1. The van der Waals surface area contributed by atoms with Gasteiger partial charge in [-0.05, 0) is 51.1 Å². The fourth-order valence-corrected chi connectivity index (χ4v) is 4.47. The average molecular weight is 463 g/mol. The Morgan fingerprint density at radius 2 is 1.60 bits per heavy atom. The van der Waals surface area contributed by atoms with E-state index in [4.69, 9.17) is 11.6 Å². The first-order valence-electron chi connectivity index (χ1n) is 9.15. The highest BCUT2D eigenvalue weighted by Crippen LogP contribution is 2.38. The van der Waals surface area contributed by atoms with Gasteiger partial charge in [-0.2, -0.15) is 13.2 Å². The predicted octanol–water partition coefficient (Wildman–Crippen LogP) is 4.73. The lowest BCUT2D eigenvalue weighted by atomic mass is 10.2. The van der Waals surface area contributed by atoms with Gasteiger partial charge in [0.1, 0.15) is 6.54 Å². The molecule has 0 saturated heterocycles. The van der Waals surface area contributed by atoms with Gasteiger partial charge in [-0.3, -0.25) is 9.10 Å². The molecule has 2 aromatic rings. The molecule has 0 aliphatic heterocycles. The lowest BCUT2D eigenvalue weighted by molar-refractivity contribution is -0.137. The number of carbonyl (C=O) groups is 1. The monoisotopic (exact) mass is 462 g/mol. The largest absolute Gasteiger partial charge is 0.417 e. The van der Waals surface area contributed by atoms with E-state index in [0.717, 1.165) is 17.7 Å². The molecule has 0 N–H and O–H groups in total. The molecule has 0 unspecified atom stereocenters. The quantitative estimate of drug-likeness (QED) is 0.597. The van der Waals surface area contributed by atoms with Gasteiger partial charge in [0.15, 0.2) is 0 Å². The van der Waals surface area contributed by atoms with E-state index in [1.54, 1.807) is 32.9 Å². The summed E-state index contributed by atoms with van der Waals surface area (Å²) < 4.78 is 67.2. The maximum Gasteiger partial charge on any atom is 0.417 e. The Balaban J connectivity index is 2.62. The van der Waals surface area contributed by atoms with Crippen LogP contribution >= 0.6 is 11.6 Å². The molecule has 0 radical (unpaired) electrons. The molecule has 2 rings (SSSR count). The van der Waals surface area contributed by atoms with E-state index >= 15 is 0 Å². The first-order chi connectivity index (χ1) is 13.9. The van der Waals surface area contributed by atoms with Gasteiger partial charge < -0.3 is 4.90 Å². The molecule has 5 nitrogen and oxygen atoms in total. The zero-order valence-electron chi connectivity index (χ0n) is 16.7. The summed E-state index contributed by atoms with van der Waals surface area (Å²) in [6.45, 7) is 5.25. The second kappa shape index (κ2) is 9.26. The summed E-state index contributed by atoms with van der Waals surface area (Å²) in [6, 6.07) is 8.60. The van der Waals surface area contributed by atoms with Gasteiger partial charge in [0, 0.05) is 13.1 Å². The van der Waals surface area contributed by atoms with E-state index in [0.29, 0.717) is 23.5 Å². The number of halogens is 4. The minimum atomic E-state index is -4.78. The van der Waals surface area contributed by atoms with Crippen LogP contribution in [-0.2, 0) is 21.0 Å². The highest BCUT2D eigenvalue weighted by Gasteiger charge is 2.35. The van der Waals surface area contributed by atoms with Crippen LogP contribution < -0.4 is 4.31 Å². The Morgan fingerprint density at radius 3 is 2.10 bits per heavy atom. The first-order valence-corrected chi connectivity index (χ1v) is 11.0. The standard InChI is InChI=1S/C20H22ClF3N2O3S/c1-4-25(5-2)19(27)13-26(30(28,29)16-9-6-14(3)7-10-16)15-8-11-18(21)17(12-15)20(22,23)24/h6-12H,4-5,13H2,1-3H3. The summed E-state index contributed by atoms with van der Waals surface area (Å²) in [5.74, 6) is -0.529. The summed E-state index contributed by atoms with van der Waals surface area (Å²) in [7, 11) is -4.32. The topological polar surface area (TPSA) is 57.7 Å². The fraction of sp³-hybridized carbons (Fsp3) is 0.350. The summed E-state index contributed by atoms with van der Waals surface area (Å²) in [6.07, 6.45) is -4.78. The van der Waals surface area contributed by atoms with E-state index in [1.165, 1.54) is 17.0 Å². The Labute approximate surface area is 179 Å². The van der Waals surface area contributed by atoms with Crippen LogP contribution in [0, 0.1) is 6.92 Å². The van der Waals surface area contributed by atoms with Gasteiger partial charge in [0.2, 0.25) is 5.91 Å². The van der Waals surface area contributed by atoms with Crippen LogP contribution in [0.2, 0.25) is 5.02 Å². The normalized spacial score (nSPS) is 12.0. The molecule has 0 spiro atoms. The van der Waals surface area contributed by atoms with Crippen LogP contribution in [0.4, 0.5) is 18.9 Å². The number of aryl methyl sites for hydroxylation is 1. The summed E-state index contributed by atoms with van der Waals surface area (Å²) in [5, 5.41) is -0.561. The third kappa shape index (κ3) is 5.26. The molecule has 2 aromatic carbocycles. The number of hydrogen-bond acceptors (Lipinski definition) is 3. The number of anilines is 1. The minimum Gasteiger partial charge on any atom is -0.342 e. The molecule has 0 aliphatic rings. The Hall–Kier alpha value is -2.26. The second-order valence-electron chi connectivity index (χ2n) is 6.55. The molecule has 0 atom stereocenters. The first kappa shape index (κ1) is 24.0. The zero-order chi connectivity index (χ0) is 22.7. The fourth-order valence-electron chi connectivity index (χ4n) is 2.84. The van der Waals surface area contributed by atoms with E-state index in [-0.39, 0.29) is 10.6 Å². The molecule has 164 valence electrons. The third-order valence-electron chi connectivity index (χ3n) is 4.55. The maximum absolute atomic E-state index is 13.3. The number of sulfonamides is 1. The average Bonchev–Trinajstić information content (AvgIpc) is 2.67. The Bertz CT molecular complexity index is 1000. The lowest BCUT2D eigenvalue weighted by Gasteiger charge is -2.28. The smallest absolute Gasteiger partial charge is 0.342 e. The van der Waals surface area contributed by atoms with Gasteiger partial charge in [-0.1, -0.05) is 29.3 Å². The van der Waals surface area contributed by atoms with Crippen LogP contribution in [0.1, 0.15) is 25.0 Å². The summed E-state index contributed by atoms with van der Waals surface area (Å²) in [5.41, 5.74) is -0.667. The summed E-state index contributed by atoms with van der Waals surface area (Å²) >= 11 is 5.67. The molecular formula is C20H22ClF3N2O3S. The highest BCUT2D eigenvalue weighted by molar-refractivity contribution is 7.92. The molecule has 10 heteroatoms. The zero-order valence-corrected chi connectivity index (χ0v) is 18.3. The van der Waals surface area contributed by atoms with E-state index < -0.39 is 39.2 Å². The maximum atomic E-state index is 13.3. The molecular weight excluding hydrogens is 441 g/mol. The van der Waals surface area contributed by atoms with Gasteiger partial charge in [-0.25, -0.2) is 8.42 Å². The number of hydrogen-bond donors (Lipinski definition) is 0. The summed E-state index contributed by atoms with van der Waals surface area (Å²) in [4.78, 5) is 13.9. The molecule has 0 aliphatic carbocycles. The van der Waals surface area contributed by atoms with E-state index in [2.05, 4.69) is 0 Å². The number of rotatable bonds is 7. The van der Waals surface area contributed by atoms with Crippen molar-refractivity contribution in [2.24, 2.45) is 0 Å². The number of amides is 1. The van der Waals surface area contributed by atoms with Crippen molar-refractivity contribution < 1.29 is 26.4 Å². The number of nitrogens with zero attached hydrogens (tertiary/aromatic N) is 2. The van der Waals surface area contributed by atoms with Crippen LogP contribution in [-0.4, -0.2) is 38.9 Å². The molecule has 0 fully saturated rings. The van der Waals surface area contributed by atoms with E-state index in [9.17, 15) is 26.4 Å². The van der Waals surface area contributed by atoms with Gasteiger partial charge in [-0.15, -0.1) is 0 Å². The molecule has 0 heterocycles. The minimum absolute atomic E-state index is 0.135. The van der Waals surface area contributed by atoms with Crippen LogP contribution in [0.25, 0.3) is 0 Å². The SMILES string of the molecule is CCN(CC)C(=O)CN(c1ccc(Cl)c(C(F)(F)F)c1)S(=O)(=O)c1ccc(C)cc1. The van der Waals surface area contributed by atoms with Crippen molar-refractivity contribution in [3.8, 4) is 0 Å². The van der Waals surface area contributed by atoms with Crippen LogP contribution in [0.15, 0.2) is 47.4 Å². The van der Waals surface area contributed by atoms with Crippen molar-refractivity contribution in [2.45, 2.75) is 31.8 Å². The van der Waals surface area contributed by atoms with Crippen molar-refractivity contribution in [3.05, 3.63) is 58.6 Å². The van der Waals surface area contributed by atoms with Crippen LogP contribution in [0.5, 0.6) is 0 Å².